The van der Waals surface area contributed by atoms with E-state index in [4.69, 9.17) is 9.84 Å². The minimum atomic E-state index is -1.06. The first kappa shape index (κ1) is 14.4. The van der Waals surface area contributed by atoms with Crippen molar-refractivity contribution in [1.82, 2.24) is 10.2 Å². The van der Waals surface area contributed by atoms with E-state index in [-0.39, 0.29) is 12.8 Å². The zero-order valence-electron chi connectivity index (χ0n) is 10.6. The van der Waals surface area contributed by atoms with E-state index in [1.54, 1.807) is 0 Å². The van der Waals surface area contributed by atoms with Gasteiger partial charge >= 0.3 is 12.0 Å². The van der Waals surface area contributed by atoms with Gasteiger partial charge in [0.05, 0.1) is 25.2 Å². The Bertz CT molecular complexity index is 353. The zero-order valence-corrected chi connectivity index (χ0v) is 10.6. The molecule has 18 heavy (non-hydrogen) atoms. The predicted octanol–water partition coefficient (Wildman–Crippen LogP) is 0.198. The summed E-state index contributed by atoms with van der Waals surface area (Å²) in [5, 5.41) is 10.6. The lowest BCUT2D eigenvalue weighted by Gasteiger charge is -2.37. The molecule has 0 radical (unpaired) electrons. The highest BCUT2D eigenvalue weighted by Gasteiger charge is 2.30. The molecule has 0 aliphatic carbocycles. The monoisotopic (exact) mass is 258 g/mol. The highest BCUT2D eigenvalue weighted by molar-refractivity contribution is 5.95. The number of nitrogens with one attached hydrogen (secondary N) is 1. The number of urea groups is 1. The van der Waals surface area contributed by atoms with Crippen molar-refractivity contribution >= 4 is 17.9 Å². The lowest BCUT2D eigenvalue weighted by Crippen LogP contribution is -2.54. The molecule has 1 aliphatic rings. The van der Waals surface area contributed by atoms with Crippen molar-refractivity contribution in [3.8, 4) is 0 Å². The van der Waals surface area contributed by atoms with Crippen LogP contribution in [0.2, 0.25) is 0 Å². The van der Waals surface area contributed by atoms with Crippen molar-refractivity contribution < 1.29 is 24.2 Å². The number of carboxylic acids is 1. The third kappa shape index (κ3) is 4.70. The summed E-state index contributed by atoms with van der Waals surface area (Å²) in [6.07, 6.45) is -0.484. The van der Waals surface area contributed by atoms with Crippen molar-refractivity contribution in [3.63, 3.8) is 0 Å². The van der Waals surface area contributed by atoms with Crippen LogP contribution >= 0.6 is 0 Å². The second-order valence-electron chi connectivity index (χ2n) is 4.78. The van der Waals surface area contributed by atoms with Gasteiger partial charge in [-0.2, -0.15) is 0 Å². The standard InChI is InChI=1S/C11H18N2O5/c1-11(2)7-13(5-6-18-11)10(17)12-8(14)3-4-9(15)16/h3-7H2,1-2H3,(H,15,16)(H,12,14,17). The molecule has 0 saturated carbocycles. The molecular weight excluding hydrogens is 240 g/mol. The molecule has 0 spiro atoms. The molecule has 1 saturated heterocycles. The minimum absolute atomic E-state index is 0.200. The Hall–Kier alpha value is -1.63. The van der Waals surface area contributed by atoms with E-state index in [2.05, 4.69) is 5.32 Å². The fraction of sp³-hybridized carbons (Fsp3) is 0.727. The van der Waals surface area contributed by atoms with Crippen molar-refractivity contribution in [2.45, 2.75) is 32.3 Å². The molecule has 1 heterocycles. The first-order chi connectivity index (χ1) is 8.30. The molecular formula is C11H18N2O5. The maximum absolute atomic E-state index is 11.7. The van der Waals surface area contributed by atoms with E-state index in [1.807, 2.05) is 13.8 Å². The first-order valence-electron chi connectivity index (χ1n) is 5.75. The third-order valence-electron chi connectivity index (χ3n) is 2.53. The molecule has 102 valence electrons. The SMILES string of the molecule is CC1(C)CN(C(=O)NC(=O)CCC(=O)O)CCO1. The van der Waals surface area contributed by atoms with Crippen LogP contribution in [0.5, 0.6) is 0 Å². The molecule has 1 aliphatic heterocycles. The summed E-state index contributed by atoms with van der Waals surface area (Å²) in [5.74, 6) is -1.64. The number of rotatable bonds is 3. The van der Waals surface area contributed by atoms with Crippen LogP contribution in [0.4, 0.5) is 4.79 Å². The number of carbonyl (C=O) groups is 3. The summed E-state index contributed by atoms with van der Waals surface area (Å²) in [6, 6.07) is -0.498. The number of imide groups is 1. The van der Waals surface area contributed by atoms with Crippen molar-refractivity contribution in [3.05, 3.63) is 0 Å². The summed E-state index contributed by atoms with van der Waals surface area (Å²) >= 11 is 0. The smallest absolute Gasteiger partial charge is 0.324 e. The van der Waals surface area contributed by atoms with Gasteiger partial charge in [0.2, 0.25) is 5.91 Å². The van der Waals surface area contributed by atoms with Crippen LogP contribution in [0.25, 0.3) is 0 Å². The Morgan fingerprint density at radius 2 is 2.00 bits per heavy atom. The maximum atomic E-state index is 11.7. The molecule has 1 rings (SSSR count). The van der Waals surface area contributed by atoms with E-state index in [9.17, 15) is 14.4 Å². The zero-order chi connectivity index (χ0) is 13.8. The summed E-state index contributed by atoms with van der Waals surface area (Å²) in [7, 11) is 0. The number of nitrogens with zero attached hydrogens (tertiary/aromatic N) is 1. The van der Waals surface area contributed by atoms with Crippen LogP contribution in [-0.4, -0.2) is 53.2 Å². The number of morpholine rings is 1. The van der Waals surface area contributed by atoms with Crippen LogP contribution < -0.4 is 5.32 Å². The minimum Gasteiger partial charge on any atom is -0.481 e. The average Bonchev–Trinajstić information content (AvgIpc) is 2.25. The van der Waals surface area contributed by atoms with E-state index < -0.39 is 23.5 Å². The summed E-state index contributed by atoms with van der Waals surface area (Å²) < 4.78 is 5.45. The first-order valence-corrected chi connectivity index (χ1v) is 5.75. The van der Waals surface area contributed by atoms with Gasteiger partial charge in [-0.25, -0.2) is 4.79 Å². The lowest BCUT2D eigenvalue weighted by atomic mass is 10.1. The summed E-state index contributed by atoms with van der Waals surface area (Å²) in [4.78, 5) is 34.8. The van der Waals surface area contributed by atoms with Crippen LogP contribution in [0, 0.1) is 0 Å². The van der Waals surface area contributed by atoms with Crippen molar-refractivity contribution in [2.24, 2.45) is 0 Å². The van der Waals surface area contributed by atoms with Gasteiger partial charge in [-0.05, 0) is 13.8 Å². The molecule has 0 unspecified atom stereocenters. The van der Waals surface area contributed by atoms with Gasteiger partial charge in [0.25, 0.3) is 0 Å². The van der Waals surface area contributed by atoms with Crippen molar-refractivity contribution in [2.75, 3.05) is 19.7 Å². The van der Waals surface area contributed by atoms with E-state index in [1.165, 1.54) is 4.90 Å². The van der Waals surface area contributed by atoms with Gasteiger partial charge in [-0.1, -0.05) is 0 Å². The van der Waals surface area contributed by atoms with Gasteiger partial charge in [-0.15, -0.1) is 0 Å². The second-order valence-corrected chi connectivity index (χ2v) is 4.78. The predicted molar refractivity (Wildman–Crippen MR) is 62.0 cm³/mol. The van der Waals surface area contributed by atoms with Gasteiger partial charge in [0.15, 0.2) is 0 Å². The molecule has 0 bridgehead atoms. The van der Waals surface area contributed by atoms with Crippen molar-refractivity contribution in [1.29, 1.82) is 0 Å². The normalized spacial score (nSPS) is 18.2. The number of carboxylic acid groups (broad SMARTS) is 1. The topological polar surface area (TPSA) is 95.9 Å². The molecule has 0 atom stereocenters. The number of carbonyl (C=O) groups excluding carboxylic acids is 2. The second kappa shape index (κ2) is 5.81. The Kier molecular flexibility index (Phi) is 4.66. The molecule has 0 aromatic rings. The van der Waals surface area contributed by atoms with E-state index in [0.717, 1.165) is 0 Å². The highest BCUT2D eigenvalue weighted by Crippen LogP contribution is 2.16. The number of ether oxygens (including phenoxy) is 1. The van der Waals surface area contributed by atoms with Crippen LogP contribution in [0.3, 0.4) is 0 Å². The molecule has 1 fully saturated rings. The van der Waals surface area contributed by atoms with Gasteiger partial charge in [0, 0.05) is 13.0 Å². The number of hydrogen-bond acceptors (Lipinski definition) is 4. The largest absolute Gasteiger partial charge is 0.481 e. The molecule has 7 heteroatoms. The Morgan fingerprint density at radius 3 is 2.56 bits per heavy atom. The molecule has 3 amide bonds. The Morgan fingerprint density at radius 1 is 1.33 bits per heavy atom. The maximum Gasteiger partial charge on any atom is 0.324 e. The molecule has 2 N–H and O–H groups in total. The van der Waals surface area contributed by atoms with Gasteiger partial charge < -0.3 is 14.7 Å². The van der Waals surface area contributed by atoms with Crippen LogP contribution in [-0.2, 0) is 14.3 Å². The van der Waals surface area contributed by atoms with Crippen LogP contribution in [0.1, 0.15) is 26.7 Å². The number of amides is 3. The fourth-order valence-electron chi connectivity index (χ4n) is 1.67. The summed E-state index contributed by atoms with van der Waals surface area (Å²) in [6.45, 7) is 4.95. The average molecular weight is 258 g/mol. The lowest BCUT2D eigenvalue weighted by molar-refractivity contribution is -0.138. The molecule has 0 aromatic carbocycles. The Labute approximate surface area is 105 Å². The third-order valence-corrected chi connectivity index (χ3v) is 2.53. The van der Waals surface area contributed by atoms with Gasteiger partial charge in [-0.3, -0.25) is 14.9 Å². The summed E-state index contributed by atoms with van der Waals surface area (Å²) in [5.41, 5.74) is -0.431. The number of aliphatic carboxylic acids is 1. The van der Waals surface area contributed by atoms with E-state index >= 15 is 0 Å². The highest BCUT2D eigenvalue weighted by atomic mass is 16.5. The van der Waals surface area contributed by atoms with Gasteiger partial charge in [0.1, 0.15) is 0 Å². The Balaban J connectivity index is 2.40. The quantitative estimate of drug-likeness (QED) is 0.753. The fourth-order valence-corrected chi connectivity index (χ4v) is 1.67. The molecule has 7 nitrogen and oxygen atoms in total. The number of hydrogen-bond donors (Lipinski definition) is 2. The molecule has 0 aromatic heterocycles. The van der Waals surface area contributed by atoms with E-state index in [0.29, 0.717) is 19.7 Å². The van der Waals surface area contributed by atoms with Crippen LogP contribution in [0.15, 0.2) is 0 Å².